The molecular formula is C27H43N3O3. The standard InChI is InChI=1S/C27H43N3O3/c1-28(2)26(13-6-18-32-3)14-16-27(17-15-26)21-29(19-23-9-11-24(33-4)12-10-23)25(31)30(27)20-22-7-5-8-22/h9-12,22H,5-8,13-21H2,1-4H3/t26-,27-. The molecule has 0 aromatic heterocycles. The third-order valence-corrected chi connectivity index (χ3v) is 8.81. The summed E-state index contributed by atoms with van der Waals surface area (Å²) in [6, 6.07) is 8.39. The van der Waals surface area contributed by atoms with Gasteiger partial charge >= 0.3 is 6.03 Å². The molecule has 184 valence electrons. The maximum absolute atomic E-state index is 13.7. The smallest absolute Gasteiger partial charge is 0.320 e. The summed E-state index contributed by atoms with van der Waals surface area (Å²) < 4.78 is 10.6. The van der Waals surface area contributed by atoms with Crippen LogP contribution in [0.4, 0.5) is 4.79 Å². The monoisotopic (exact) mass is 457 g/mol. The second-order valence-corrected chi connectivity index (χ2v) is 10.8. The Bertz CT molecular complexity index is 782. The molecule has 6 heteroatoms. The van der Waals surface area contributed by atoms with Crippen LogP contribution >= 0.6 is 0 Å². The average molecular weight is 458 g/mol. The lowest BCUT2D eigenvalue weighted by molar-refractivity contribution is 0.00943. The SMILES string of the molecule is COCCC[C@]1(N(C)C)CC[C@]2(CC1)CN(Cc1ccc(OC)cc1)C(=O)N2CC1CCC1. The van der Waals surface area contributed by atoms with E-state index in [9.17, 15) is 4.79 Å². The van der Waals surface area contributed by atoms with Crippen molar-refractivity contribution in [3.05, 3.63) is 29.8 Å². The van der Waals surface area contributed by atoms with Crippen LogP contribution in [0.25, 0.3) is 0 Å². The molecule has 2 amide bonds. The number of hydrogen-bond donors (Lipinski definition) is 0. The van der Waals surface area contributed by atoms with Crippen LogP contribution in [0.5, 0.6) is 5.75 Å². The van der Waals surface area contributed by atoms with Crippen molar-refractivity contribution in [1.82, 2.24) is 14.7 Å². The average Bonchev–Trinajstić information content (AvgIpc) is 3.03. The van der Waals surface area contributed by atoms with E-state index in [0.29, 0.717) is 12.5 Å². The summed E-state index contributed by atoms with van der Waals surface area (Å²) in [6.45, 7) is 3.30. The van der Waals surface area contributed by atoms with Gasteiger partial charge in [-0.05, 0) is 89.1 Å². The van der Waals surface area contributed by atoms with Gasteiger partial charge in [-0.1, -0.05) is 18.6 Å². The van der Waals surface area contributed by atoms with Crippen molar-refractivity contribution < 1.29 is 14.3 Å². The molecule has 1 aliphatic heterocycles. The van der Waals surface area contributed by atoms with Crippen LogP contribution in [0, 0.1) is 5.92 Å². The number of urea groups is 1. The van der Waals surface area contributed by atoms with Gasteiger partial charge in [-0.2, -0.15) is 0 Å². The van der Waals surface area contributed by atoms with E-state index in [2.05, 4.69) is 40.9 Å². The predicted molar refractivity (Wildman–Crippen MR) is 132 cm³/mol. The molecule has 2 aliphatic carbocycles. The molecule has 0 bridgehead atoms. The van der Waals surface area contributed by atoms with Crippen LogP contribution in [0.1, 0.15) is 63.4 Å². The fourth-order valence-electron chi connectivity index (χ4n) is 6.24. The zero-order valence-electron chi connectivity index (χ0n) is 21.1. The molecular weight excluding hydrogens is 414 g/mol. The van der Waals surface area contributed by atoms with Gasteiger partial charge in [0.2, 0.25) is 0 Å². The number of carbonyl (C=O) groups is 1. The summed E-state index contributed by atoms with van der Waals surface area (Å²) >= 11 is 0. The molecule has 1 saturated heterocycles. The van der Waals surface area contributed by atoms with Gasteiger partial charge in [-0.3, -0.25) is 0 Å². The topological polar surface area (TPSA) is 45.3 Å². The Morgan fingerprint density at radius 3 is 2.30 bits per heavy atom. The van der Waals surface area contributed by atoms with Crippen LogP contribution in [-0.2, 0) is 11.3 Å². The van der Waals surface area contributed by atoms with Crippen LogP contribution in [0.2, 0.25) is 0 Å². The summed E-state index contributed by atoms with van der Waals surface area (Å²) in [7, 11) is 7.94. The van der Waals surface area contributed by atoms with Crippen molar-refractivity contribution in [1.29, 1.82) is 0 Å². The first-order chi connectivity index (χ1) is 15.9. The Morgan fingerprint density at radius 2 is 1.76 bits per heavy atom. The summed E-state index contributed by atoms with van der Waals surface area (Å²) in [6.07, 6.45) is 10.6. The van der Waals surface area contributed by atoms with Gasteiger partial charge in [0.1, 0.15) is 5.75 Å². The molecule has 4 rings (SSSR count). The molecule has 1 spiro atoms. The van der Waals surface area contributed by atoms with Gasteiger partial charge in [0, 0.05) is 38.9 Å². The minimum Gasteiger partial charge on any atom is -0.497 e. The van der Waals surface area contributed by atoms with Crippen LogP contribution in [0.15, 0.2) is 24.3 Å². The third kappa shape index (κ3) is 5.02. The quantitative estimate of drug-likeness (QED) is 0.475. The fourth-order valence-corrected chi connectivity index (χ4v) is 6.24. The van der Waals surface area contributed by atoms with Gasteiger partial charge in [-0.15, -0.1) is 0 Å². The van der Waals surface area contributed by atoms with Crippen LogP contribution < -0.4 is 4.74 Å². The molecule has 0 atom stereocenters. The lowest BCUT2D eigenvalue weighted by Gasteiger charge is -2.51. The summed E-state index contributed by atoms with van der Waals surface area (Å²) in [5.41, 5.74) is 1.38. The van der Waals surface area contributed by atoms with E-state index >= 15 is 0 Å². The lowest BCUT2D eigenvalue weighted by Crippen LogP contribution is -2.57. The molecule has 33 heavy (non-hydrogen) atoms. The van der Waals surface area contributed by atoms with Crippen molar-refractivity contribution in [2.45, 2.75) is 75.4 Å². The zero-order valence-corrected chi connectivity index (χ0v) is 21.1. The van der Waals surface area contributed by atoms with Gasteiger partial charge < -0.3 is 24.2 Å². The van der Waals surface area contributed by atoms with Crippen molar-refractivity contribution in [2.24, 2.45) is 5.92 Å². The minimum atomic E-state index is -0.0140. The third-order valence-electron chi connectivity index (χ3n) is 8.81. The number of methoxy groups -OCH3 is 2. The van der Waals surface area contributed by atoms with Gasteiger partial charge in [0.15, 0.2) is 0 Å². The predicted octanol–water partition coefficient (Wildman–Crippen LogP) is 4.77. The Labute approximate surface area is 200 Å². The fraction of sp³-hybridized carbons (Fsp3) is 0.741. The Balaban J connectivity index is 1.50. The summed E-state index contributed by atoms with van der Waals surface area (Å²) in [4.78, 5) is 20.5. The largest absolute Gasteiger partial charge is 0.497 e. The maximum atomic E-state index is 13.7. The molecule has 0 radical (unpaired) electrons. The van der Waals surface area contributed by atoms with Crippen molar-refractivity contribution in [3.63, 3.8) is 0 Å². The van der Waals surface area contributed by atoms with Crippen molar-refractivity contribution in [3.8, 4) is 5.75 Å². The molecule has 1 heterocycles. The second-order valence-electron chi connectivity index (χ2n) is 10.8. The Kier molecular flexibility index (Phi) is 7.54. The van der Waals surface area contributed by atoms with Crippen LogP contribution in [-0.4, -0.2) is 79.8 Å². The summed E-state index contributed by atoms with van der Waals surface area (Å²) in [5, 5.41) is 0. The summed E-state index contributed by atoms with van der Waals surface area (Å²) in [5.74, 6) is 1.55. The van der Waals surface area contributed by atoms with E-state index in [1.54, 1.807) is 14.2 Å². The second kappa shape index (κ2) is 10.2. The number of carbonyl (C=O) groups excluding carboxylic acids is 1. The van der Waals surface area contributed by atoms with Crippen molar-refractivity contribution >= 4 is 6.03 Å². The molecule has 3 aliphatic rings. The van der Waals surface area contributed by atoms with E-state index in [1.165, 1.54) is 24.8 Å². The Hall–Kier alpha value is -1.79. The van der Waals surface area contributed by atoms with E-state index in [1.807, 2.05) is 12.1 Å². The highest BCUT2D eigenvalue weighted by Crippen LogP contribution is 2.47. The first kappa shape index (κ1) is 24.3. The highest BCUT2D eigenvalue weighted by atomic mass is 16.5. The van der Waals surface area contributed by atoms with E-state index in [-0.39, 0.29) is 17.1 Å². The number of ether oxygens (including phenoxy) is 2. The van der Waals surface area contributed by atoms with E-state index in [4.69, 9.17) is 9.47 Å². The number of nitrogens with zero attached hydrogens (tertiary/aromatic N) is 3. The minimum absolute atomic E-state index is 0.0140. The Morgan fingerprint density at radius 1 is 1.06 bits per heavy atom. The normalized spacial score (nSPS) is 28.1. The molecule has 0 N–H and O–H groups in total. The molecule has 1 aromatic carbocycles. The highest BCUT2D eigenvalue weighted by molar-refractivity contribution is 5.78. The molecule has 2 saturated carbocycles. The van der Waals surface area contributed by atoms with Gasteiger partial charge in [-0.25, -0.2) is 4.79 Å². The van der Waals surface area contributed by atoms with E-state index in [0.717, 1.165) is 64.0 Å². The number of rotatable bonds is 10. The zero-order chi connectivity index (χ0) is 23.5. The molecule has 3 fully saturated rings. The van der Waals surface area contributed by atoms with Crippen molar-refractivity contribution in [2.75, 3.05) is 48.0 Å². The van der Waals surface area contributed by atoms with Crippen LogP contribution in [0.3, 0.4) is 0 Å². The van der Waals surface area contributed by atoms with E-state index < -0.39 is 0 Å². The van der Waals surface area contributed by atoms with Gasteiger partial charge in [0.25, 0.3) is 0 Å². The number of hydrogen-bond acceptors (Lipinski definition) is 4. The lowest BCUT2D eigenvalue weighted by atomic mass is 9.69. The molecule has 0 unspecified atom stereocenters. The maximum Gasteiger partial charge on any atom is 0.320 e. The number of benzene rings is 1. The molecule has 6 nitrogen and oxygen atoms in total. The van der Waals surface area contributed by atoms with Gasteiger partial charge in [0.05, 0.1) is 12.6 Å². The first-order valence-corrected chi connectivity index (χ1v) is 12.8. The first-order valence-electron chi connectivity index (χ1n) is 12.8. The molecule has 1 aromatic rings. The highest BCUT2D eigenvalue weighted by Gasteiger charge is 2.54. The number of amides is 2.